The summed E-state index contributed by atoms with van der Waals surface area (Å²) in [5.74, 6) is -0.699. The maximum Gasteiger partial charge on any atom is 0.310 e. The van der Waals surface area contributed by atoms with Crippen molar-refractivity contribution >= 4 is 47.7 Å². The minimum atomic E-state index is -0.840. The van der Waals surface area contributed by atoms with E-state index < -0.39 is 5.41 Å². The normalized spacial score (nSPS) is 23.4. The fourth-order valence-corrected chi connectivity index (χ4v) is 7.32. The molecule has 0 aromatic carbocycles. The summed E-state index contributed by atoms with van der Waals surface area (Å²) < 4.78 is 10.2. The van der Waals surface area contributed by atoms with Crippen molar-refractivity contribution in [3.63, 3.8) is 0 Å². The molecule has 9 nitrogen and oxygen atoms in total. The highest BCUT2D eigenvalue weighted by molar-refractivity contribution is 6.32. The van der Waals surface area contributed by atoms with Crippen molar-refractivity contribution in [3.05, 3.63) is 66.9 Å². The second kappa shape index (κ2) is 15.0. The quantitative estimate of drug-likeness (QED) is 0.193. The molecule has 5 rings (SSSR count). The summed E-state index contributed by atoms with van der Waals surface area (Å²) >= 11 is 0. The first-order chi connectivity index (χ1) is 23.4. The van der Waals surface area contributed by atoms with E-state index in [9.17, 15) is 14.4 Å². The van der Waals surface area contributed by atoms with E-state index in [0.717, 1.165) is 95.0 Å². The molecule has 0 radical (unpaired) electrons. The van der Waals surface area contributed by atoms with Crippen LogP contribution < -0.4 is 16.0 Å². The van der Waals surface area contributed by atoms with E-state index in [1.165, 1.54) is 25.4 Å². The SMILES string of the molecule is CCCCCC1=C(C)/C2=C/c3[nH]c(c(C)c3CC(=O)OC)/C=C3N=C(/C=c4\[nH]/c(c(C)c4CC(=O)OC)=C\C1N2)C(C)(CCCCC)C\3=O. The van der Waals surface area contributed by atoms with Crippen molar-refractivity contribution in [1.29, 1.82) is 0 Å². The van der Waals surface area contributed by atoms with E-state index in [1.807, 2.05) is 32.9 Å². The van der Waals surface area contributed by atoms with Crippen LogP contribution in [0.15, 0.2) is 27.5 Å². The van der Waals surface area contributed by atoms with E-state index in [4.69, 9.17) is 14.5 Å². The van der Waals surface area contributed by atoms with Crippen LogP contribution in [0, 0.1) is 19.3 Å². The van der Waals surface area contributed by atoms with E-state index >= 15 is 0 Å². The maximum atomic E-state index is 14.3. The van der Waals surface area contributed by atoms with Gasteiger partial charge in [-0.15, -0.1) is 0 Å². The van der Waals surface area contributed by atoms with Crippen LogP contribution in [0.25, 0.3) is 24.3 Å². The molecule has 8 bridgehead atoms. The molecule has 3 aliphatic rings. The molecule has 262 valence electrons. The van der Waals surface area contributed by atoms with Crippen LogP contribution in [0.2, 0.25) is 0 Å². The van der Waals surface area contributed by atoms with E-state index in [1.54, 1.807) is 0 Å². The van der Waals surface area contributed by atoms with Crippen molar-refractivity contribution in [2.75, 3.05) is 14.2 Å². The first-order valence-electron chi connectivity index (χ1n) is 17.8. The summed E-state index contributed by atoms with van der Waals surface area (Å²) in [6, 6.07) is -0.0806. The molecular weight excluding hydrogens is 616 g/mol. The number of carbonyl (C=O) groups is 3. The molecule has 3 aliphatic heterocycles. The Labute approximate surface area is 289 Å². The summed E-state index contributed by atoms with van der Waals surface area (Å²) in [7, 11) is 2.80. The largest absolute Gasteiger partial charge is 0.469 e. The number of unbranched alkanes of at least 4 members (excludes halogenated alkanes) is 4. The fraction of sp³-hybridized carbons (Fsp3) is 0.500. The summed E-state index contributed by atoms with van der Waals surface area (Å²) in [6.07, 6.45) is 16.2. The van der Waals surface area contributed by atoms with Crippen molar-refractivity contribution in [2.45, 2.75) is 112 Å². The Hall–Kier alpha value is -4.40. The van der Waals surface area contributed by atoms with Crippen LogP contribution in [0.3, 0.4) is 0 Å². The number of aromatic nitrogens is 2. The third-order valence-corrected chi connectivity index (χ3v) is 10.6. The molecule has 0 fully saturated rings. The Bertz CT molecular complexity index is 1900. The molecule has 2 atom stereocenters. The monoisotopic (exact) mass is 668 g/mol. The standard InChI is InChI=1S/C40H52N4O5/c1-9-11-13-15-26-23(3)29-20-33-27(17-37(45)48-7)24(4)31(42-33)21-35-39(47)40(6,16-14-12-10-2)36(44-35)22-34-28(18-38(46)49-8)25(5)30(43-34)19-32(26)41-29/h19-22,32,41-43H,9-18H2,1-8H3/b29-20-,30-19-,34-22-,35-21-. The summed E-state index contributed by atoms with van der Waals surface area (Å²) in [6.45, 7) is 12.5. The van der Waals surface area contributed by atoms with Crippen LogP contribution >= 0.6 is 0 Å². The molecule has 0 aliphatic carbocycles. The van der Waals surface area contributed by atoms with Crippen LogP contribution in [0.1, 0.15) is 113 Å². The molecule has 0 amide bonds. The number of esters is 2. The van der Waals surface area contributed by atoms with Crippen LogP contribution in [0.5, 0.6) is 0 Å². The molecule has 9 heteroatoms. The van der Waals surface area contributed by atoms with Gasteiger partial charge in [0.25, 0.3) is 0 Å². The van der Waals surface area contributed by atoms with Crippen molar-refractivity contribution in [2.24, 2.45) is 10.4 Å². The Morgan fingerprint density at radius 1 is 0.837 bits per heavy atom. The second-order valence-corrected chi connectivity index (χ2v) is 13.9. The number of Topliss-reactive ketones (excluding diaryl/α,β-unsaturated/α-hetero) is 1. The lowest BCUT2D eigenvalue weighted by Gasteiger charge is -2.22. The number of nitrogens with one attached hydrogen (secondary N) is 3. The van der Waals surface area contributed by atoms with Gasteiger partial charge in [0.2, 0.25) is 0 Å². The van der Waals surface area contributed by atoms with Crippen LogP contribution in [0.4, 0.5) is 0 Å². The average molecular weight is 669 g/mol. The number of hydrogen-bond donors (Lipinski definition) is 3. The highest BCUT2D eigenvalue weighted by Crippen LogP contribution is 2.39. The Morgan fingerprint density at radius 2 is 1.51 bits per heavy atom. The van der Waals surface area contributed by atoms with Gasteiger partial charge >= 0.3 is 11.9 Å². The number of rotatable bonds is 12. The van der Waals surface area contributed by atoms with Gasteiger partial charge in [-0.25, -0.2) is 4.99 Å². The zero-order valence-electron chi connectivity index (χ0n) is 30.4. The van der Waals surface area contributed by atoms with E-state index in [2.05, 4.69) is 48.2 Å². The predicted molar refractivity (Wildman–Crippen MR) is 195 cm³/mol. The molecule has 2 aromatic rings. The molecule has 5 heterocycles. The minimum absolute atomic E-state index is 0.0385. The third-order valence-electron chi connectivity index (χ3n) is 10.6. The van der Waals surface area contributed by atoms with Gasteiger partial charge in [-0.2, -0.15) is 0 Å². The molecular formula is C40H52N4O5. The molecule has 49 heavy (non-hydrogen) atoms. The Kier molecular flexibility index (Phi) is 11.0. The number of aromatic amines is 2. The number of aliphatic imine (C=N–C) groups is 1. The third kappa shape index (κ3) is 7.17. The molecule has 3 N–H and O–H groups in total. The van der Waals surface area contributed by atoms with E-state index in [-0.39, 0.29) is 36.6 Å². The Balaban J connectivity index is 1.82. The van der Waals surface area contributed by atoms with Crippen molar-refractivity contribution < 1.29 is 23.9 Å². The summed E-state index contributed by atoms with van der Waals surface area (Å²) in [5.41, 5.74) is 8.68. The number of ether oxygens (including phenoxy) is 2. The first-order valence-corrected chi connectivity index (χ1v) is 17.8. The number of carbonyl (C=O) groups excluding carboxylic acids is 3. The van der Waals surface area contributed by atoms with E-state index in [0.29, 0.717) is 17.8 Å². The highest BCUT2D eigenvalue weighted by atomic mass is 16.5. The van der Waals surface area contributed by atoms with Crippen LogP contribution in [-0.4, -0.2) is 53.7 Å². The highest BCUT2D eigenvalue weighted by Gasteiger charge is 2.44. The number of fused-ring (bicyclic) bond motifs is 7. The van der Waals surface area contributed by atoms with Crippen molar-refractivity contribution in [1.82, 2.24) is 15.3 Å². The second-order valence-electron chi connectivity index (χ2n) is 13.9. The molecule has 2 unspecified atom stereocenters. The lowest BCUT2D eigenvalue weighted by atomic mass is 9.77. The zero-order valence-corrected chi connectivity index (χ0v) is 30.4. The average Bonchev–Trinajstić information content (AvgIpc) is 3.71. The number of hydrogen-bond acceptors (Lipinski definition) is 7. The smallest absolute Gasteiger partial charge is 0.310 e. The minimum Gasteiger partial charge on any atom is -0.469 e. The fourth-order valence-electron chi connectivity index (χ4n) is 7.32. The lowest BCUT2D eigenvalue weighted by molar-refractivity contribution is -0.140. The Morgan fingerprint density at radius 3 is 2.18 bits per heavy atom. The van der Waals surface area contributed by atoms with Gasteiger partial charge in [0.15, 0.2) is 5.78 Å². The molecule has 2 aromatic heterocycles. The van der Waals surface area contributed by atoms with Gasteiger partial charge in [-0.3, -0.25) is 14.4 Å². The maximum absolute atomic E-state index is 14.3. The van der Waals surface area contributed by atoms with Gasteiger partial charge in [-0.1, -0.05) is 46.0 Å². The predicted octanol–water partition coefficient (Wildman–Crippen LogP) is 5.83. The number of nitrogens with zero attached hydrogens (tertiary/aromatic N) is 1. The number of ketones is 1. The topological polar surface area (TPSA) is 126 Å². The van der Waals surface area contributed by atoms with Gasteiger partial charge in [0.05, 0.1) is 44.2 Å². The summed E-state index contributed by atoms with van der Waals surface area (Å²) in [5, 5.41) is 5.44. The lowest BCUT2D eigenvalue weighted by Crippen LogP contribution is -2.32. The van der Waals surface area contributed by atoms with Gasteiger partial charge in [0.1, 0.15) is 5.70 Å². The summed E-state index contributed by atoms with van der Waals surface area (Å²) in [4.78, 5) is 51.8. The molecule has 0 saturated heterocycles. The van der Waals surface area contributed by atoms with Gasteiger partial charge in [-0.05, 0) is 105 Å². The number of allylic oxidation sites excluding steroid dienone is 2. The van der Waals surface area contributed by atoms with Crippen molar-refractivity contribution in [3.8, 4) is 0 Å². The number of methoxy groups -OCH3 is 2. The number of H-pyrrole nitrogens is 2. The van der Waals surface area contributed by atoms with Crippen LogP contribution in [-0.2, 0) is 36.7 Å². The van der Waals surface area contributed by atoms with Gasteiger partial charge < -0.3 is 24.8 Å². The zero-order chi connectivity index (χ0) is 35.5. The molecule has 0 spiro atoms. The van der Waals surface area contributed by atoms with Gasteiger partial charge in [0, 0.05) is 27.8 Å². The first kappa shape index (κ1) is 35.9. The molecule has 0 saturated carbocycles.